The topological polar surface area (TPSA) is 93.7 Å². The molecule has 1 aliphatic carbocycles. The summed E-state index contributed by atoms with van der Waals surface area (Å²) in [5.41, 5.74) is 1.96. The van der Waals surface area contributed by atoms with Gasteiger partial charge in [0.25, 0.3) is 0 Å². The minimum Gasteiger partial charge on any atom is -0.467 e. The molecule has 7 nitrogen and oxygen atoms in total. The average molecular weight is 479 g/mol. The molecule has 2 N–H and O–H groups in total. The fourth-order valence-corrected chi connectivity index (χ4v) is 4.99. The van der Waals surface area contributed by atoms with Gasteiger partial charge >= 0.3 is 5.97 Å². The van der Waals surface area contributed by atoms with Gasteiger partial charge in [0, 0.05) is 12.8 Å². The highest BCUT2D eigenvalue weighted by Gasteiger charge is 2.33. The van der Waals surface area contributed by atoms with Crippen LogP contribution in [0.25, 0.3) is 0 Å². The summed E-state index contributed by atoms with van der Waals surface area (Å²) in [7, 11) is 1.31. The first-order valence-corrected chi connectivity index (χ1v) is 12.5. The van der Waals surface area contributed by atoms with E-state index in [2.05, 4.69) is 10.6 Å². The van der Waals surface area contributed by atoms with Crippen molar-refractivity contribution < 1.29 is 23.9 Å². The molecule has 2 amide bonds. The van der Waals surface area contributed by atoms with Crippen LogP contribution < -0.4 is 15.4 Å². The van der Waals surface area contributed by atoms with Crippen LogP contribution in [0.4, 0.5) is 0 Å². The fraction of sp³-hybridized carbons (Fsp3) is 0.464. The van der Waals surface area contributed by atoms with Gasteiger partial charge in [-0.3, -0.25) is 9.59 Å². The molecule has 1 saturated carbocycles. The number of ether oxygens (including phenoxy) is 2. The molecular weight excluding hydrogens is 444 g/mol. The lowest BCUT2D eigenvalue weighted by molar-refractivity contribution is -0.145. The maximum atomic E-state index is 13.4. The monoisotopic (exact) mass is 478 g/mol. The van der Waals surface area contributed by atoms with Crippen molar-refractivity contribution in [2.75, 3.05) is 7.11 Å². The SMILES string of the molecule is COC(=O)[C@@H]1Cc2cccc(c2)Oc2ccc(cc2)CCCC(=O)N[C@@H](C2CCCCC2)C(=O)N1. The van der Waals surface area contributed by atoms with E-state index >= 15 is 0 Å². The number of fused-ring (bicyclic) bond motifs is 11. The lowest BCUT2D eigenvalue weighted by Crippen LogP contribution is -2.55. The van der Waals surface area contributed by atoms with Gasteiger partial charge in [0.15, 0.2) is 0 Å². The Labute approximate surface area is 206 Å². The van der Waals surface area contributed by atoms with Gasteiger partial charge in [-0.2, -0.15) is 0 Å². The third kappa shape index (κ3) is 6.84. The summed E-state index contributed by atoms with van der Waals surface area (Å²) in [6.07, 6.45) is 6.99. The number of rotatable bonds is 2. The summed E-state index contributed by atoms with van der Waals surface area (Å²) in [4.78, 5) is 38.8. The summed E-state index contributed by atoms with van der Waals surface area (Å²) >= 11 is 0. The van der Waals surface area contributed by atoms with Crippen molar-refractivity contribution in [3.05, 3.63) is 59.7 Å². The standard InChI is InChI=1S/C28H34N2O5/c1-34-28(33)24-18-20-8-5-11-23(17-20)35-22-15-13-19(14-16-22)7-6-12-25(31)30-26(27(32)29-24)21-9-3-2-4-10-21/h5,8,11,13-17,21,24,26H,2-4,6-7,9-10,12,18H2,1H3,(H,29,32)(H,30,31)/t24-,26-/m0/s1. The van der Waals surface area contributed by atoms with Gasteiger partial charge in [-0.15, -0.1) is 0 Å². The molecule has 2 heterocycles. The number of nitrogens with one attached hydrogen (secondary N) is 2. The first-order valence-electron chi connectivity index (χ1n) is 12.5. The summed E-state index contributed by atoms with van der Waals surface area (Å²) in [6.45, 7) is 0. The molecule has 5 rings (SSSR count). The van der Waals surface area contributed by atoms with Gasteiger partial charge in [0.2, 0.25) is 11.8 Å². The highest BCUT2D eigenvalue weighted by Crippen LogP contribution is 2.28. The molecule has 35 heavy (non-hydrogen) atoms. The molecule has 186 valence electrons. The van der Waals surface area contributed by atoms with E-state index in [1.165, 1.54) is 7.11 Å². The molecule has 0 spiro atoms. The first-order chi connectivity index (χ1) is 17.0. The quantitative estimate of drug-likeness (QED) is 0.635. The van der Waals surface area contributed by atoms with E-state index in [9.17, 15) is 14.4 Å². The second kappa shape index (κ2) is 11.9. The van der Waals surface area contributed by atoms with Crippen molar-refractivity contribution in [1.29, 1.82) is 0 Å². The lowest BCUT2D eigenvalue weighted by Gasteiger charge is -2.31. The molecule has 1 fully saturated rings. The van der Waals surface area contributed by atoms with Crippen LogP contribution >= 0.6 is 0 Å². The zero-order chi connectivity index (χ0) is 24.6. The van der Waals surface area contributed by atoms with E-state index in [-0.39, 0.29) is 24.2 Å². The molecule has 0 unspecified atom stereocenters. The summed E-state index contributed by atoms with van der Waals surface area (Å²) in [6, 6.07) is 13.8. The van der Waals surface area contributed by atoms with Crippen LogP contribution in [0.2, 0.25) is 0 Å². The van der Waals surface area contributed by atoms with Gasteiger partial charge in [0.1, 0.15) is 23.6 Å². The van der Waals surface area contributed by atoms with Crippen molar-refractivity contribution in [2.45, 2.75) is 69.9 Å². The number of hydrogen-bond donors (Lipinski definition) is 2. The van der Waals surface area contributed by atoms with Gasteiger partial charge in [-0.05, 0) is 67.0 Å². The molecule has 2 aromatic rings. The van der Waals surface area contributed by atoms with Crippen molar-refractivity contribution >= 4 is 17.8 Å². The summed E-state index contributed by atoms with van der Waals surface area (Å²) in [5.74, 6) is 0.420. The maximum Gasteiger partial charge on any atom is 0.328 e. The Morgan fingerprint density at radius 2 is 1.66 bits per heavy atom. The summed E-state index contributed by atoms with van der Waals surface area (Å²) in [5, 5.41) is 5.87. The van der Waals surface area contributed by atoms with Crippen LogP contribution in [0.15, 0.2) is 48.5 Å². The van der Waals surface area contributed by atoms with E-state index in [4.69, 9.17) is 9.47 Å². The van der Waals surface area contributed by atoms with Gasteiger partial charge in [-0.25, -0.2) is 4.79 Å². The molecule has 0 saturated heterocycles. The number of esters is 1. The van der Waals surface area contributed by atoms with Gasteiger partial charge < -0.3 is 20.1 Å². The molecule has 2 aliphatic heterocycles. The highest BCUT2D eigenvalue weighted by atomic mass is 16.5. The second-order valence-corrected chi connectivity index (χ2v) is 9.48. The van der Waals surface area contributed by atoms with Crippen LogP contribution in [0.3, 0.4) is 0 Å². The second-order valence-electron chi connectivity index (χ2n) is 9.48. The molecule has 2 aromatic carbocycles. The van der Waals surface area contributed by atoms with E-state index in [1.807, 2.05) is 48.5 Å². The third-order valence-corrected chi connectivity index (χ3v) is 6.89. The number of carbonyl (C=O) groups is 3. The number of methoxy groups -OCH3 is 1. The van der Waals surface area contributed by atoms with Crippen molar-refractivity contribution in [1.82, 2.24) is 10.6 Å². The Balaban J connectivity index is 1.63. The third-order valence-electron chi connectivity index (χ3n) is 6.89. The van der Waals surface area contributed by atoms with Crippen LogP contribution in [0.1, 0.15) is 56.1 Å². The van der Waals surface area contributed by atoms with Crippen LogP contribution in [0.5, 0.6) is 11.5 Å². The Morgan fingerprint density at radius 1 is 0.886 bits per heavy atom. The van der Waals surface area contributed by atoms with Gasteiger partial charge in [0.05, 0.1) is 7.11 Å². The Morgan fingerprint density at radius 3 is 2.40 bits per heavy atom. The van der Waals surface area contributed by atoms with E-state index < -0.39 is 18.1 Å². The first kappa shape index (κ1) is 24.8. The zero-order valence-electron chi connectivity index (χ0n) is 20.3. The zero-order valence-corrected chi connectivity index (χ0v) is 20.3. The molecular formula is C28H34N2O5. The molecule has 0 radical (unpaired) electrons. The average Bonchev–Trinajstić information content (AvgIpc) is 2.87. The number of carbonyl (C=O) groups excluding carboxylic acids is 3. The van der Waals surface area contributed by atoms with Crippen molar-refractivity contribution in [3.63, 3.8) is 0 Å². The maximum absolute atomic E-state index is 13.4. The normalized spacial score (nSPS) is 22.2. The molecule has 4 bridgehead atoms. The Kier molecular flexibility index (Phi) is 8.40. The van der Waals surface area contributed by atoms with Crippen LogP contribution in [-0.2, 0) is 32.0 Å². The summed E-state index contributed by atoms with van der Waals surface area (Å²) < 4.78 is 11.0. The minimum atomic E-state index is -0.871. The number of aryl methyl sites for hydroxylation is 1. The number of hydrogen-bond acceptors (Lipinski definition) is 5. The molecule has 0 aromatic heterocycles. The fourth-order valence-electron chi connectivity index (χ4n) is 4.99. The van der Waals surface area contributed by atoms with Crippen molar-refractivity contribution in [2.24, 2.45) is 5.92 Å². The van der Waals surface area contributed by atoms with E-state index in [1.54, 1.807) is 0 Å². The predicted octanol–water partition coefficient (Wildman–Crippen LogP) is 4.08. The number of benzene rings is 2. The van der Waals surface area contributed by atoms with Crippen molar-refractivity contribution in [3.8, 4) is 11.5 Å². The molecule has 2 atom stereocenters. The van der Waals surface area contributed by atoms with E-state index in [0.717, 1.165) is 49.7 Å². The van der Waals surface area contributed by atoms with Gasteiger partial charge in [-0.1, -0.05) is 43.5 Å². The van der Waals surface area contributed by atoms with E-state index in [0.29, 0.717) is 24.3 Å². The number of amides is 2. The lowest BCUT2D eigenvalue weighted by atomic mass is 9.83. The molecule has 3 aliphatic rings. The molecule has 7 heteroatoms. The van der Waals surface area contributed by atoms with Crippen LogP contribution in [-0.4, -0.2) is 37.0 Å². The Hall–Kier alpha value is -3.35. The van der Waals surface area contributed by atoms with Crippen LogP contribution in [0, 0.1) is 5.92 Å². The Bertz CT molecular complexity index is 1030. The highest BCUT2D eigenvalue weighted by molar-refractivity contribution is 5.91. The minimum absolute atomic E-state index is 0.0564. The predicted molar refractivity (Wildman–Crippen MR) is 132 cm³/mol. The largest absolute Gasteiger partial charge is 0.467 e. The smallest absolute Gasteiger partial charge is 0.328 e.